The van der Waals surface area contributed by atoms with E-state index in [1.165, 1.54) is 0 Å². The largest absolute Gasteiger partial charge is 0.505 e. The number of rotatable bonds is 4. The Bertz CT molecular complexity index is 651. The summed E-state index contributed by atoms with van der Waals surface area (Å²) in [5.41, 5.74) is 1.80. The first kappa shape index (κ1) is 15.2. The van der Waals surface area contributed by atoms with Crippen molar-refractivity contribution in [3.05, 3.63) is 57.6 Å². The Hall–Kier alpha value is -2.20. The van der Waals surface area contributed by atoms with Crippen molar-refractivity contribution in [2.75, 3.05) is 0 Å². The SMILES string of the molecule is Cc1c(C)c(C(=O)O)c(O)c(Cl)c1OCc1ccccc1. The lowest BCUT2D eigenvalue weighted by atomic mass is 10.0. The van der Waals surface area contributed by atoms with Crippen molar-refractivity contribution in [1.82, 2.24) is 0 Å². The number of hydrogen-bond acceptors (Lipinski definition) is 3. The van der Waals surface area contributed by atoms with Crippen LogP contribution in [0.4, 0.5) is 0 Å². The molecule has 4 nitrogen and oxygen atoms in total. The molecule has 0 fully saturated rings. The van der Waals surface area contributed by atoms with Crippen LogP contribution in [0.15, 0.2) is 30.3 Å². The Kier molecular flexibility index (Phi) is 4.38. The van der Waals surface area contributed by atoms with Gasteiger partial charge in [0.2, 0.25) is 0 Å². The third-order valence-electron chi connectivity index (χ3n) is 3.36. The zero-order chi connectivity index (χ0) is 15.6. The van der Waals surface area contributed by atoms with Gasteiger partial charge in [0.25, 0.3) is 0 Å². The van der Waals surface area contributed by atoms with Gasteiger partial charge in [-0.1, -0.05) is 41.9 Å². The summed E-state index contributed by atoms with van der Waals surface area (Å²) in [6.45, 7) is 3.62. The Balaban J connectivity index is 2.39. The smallest absolute Gasteiger partial charge is 0.339 e. The summed E-state index contributed by atoms with van der Waals surface area (Å²) in [4.78, 5) is 11.2. The molecule has 2 N–H and O–H groups in total. The van der Waals surface area contributed by atoms with E-state index in [0.29, 0.717) is 16.9 Å². The van der Waals surface area contributed by atoms with Crippen LogP contribution < -0.4 is 4.74 Å². The number of halogens is 1. The molecule has 0 aliphatic carbocycles. The van der Waals surface area contributed by atoms with E-state index >= 15 is 0 Å². The number of carboxylic acids is 1. The standard InChI is InChI=1S/C16H15ClO4/c1-9-10(2)15(13(17)14(18)12(9)16(19)20)21-8-11-6-4-3-5-7-11/h3-7,18H,8H2,1-2H3,(H,19,20). The van der Waals surface area contributed by atoms with E-state index in [2.05, 4.69) is 0 Å². The normalized spacial score (nSPS) is 10.4. The van der Waals surface area contributed by atoms with Gasteiger partial charge in [-0.2, -0.15) is 0 Å². The molecule has 0 saturated carbocycles. The van der Waals surface area contributed by atoms with E-state index in [9.17, 15) is 9.90 Å². The number of ether oxygens (including phenoxy) is 1. The second-order valence-electron chi connectivity index (χ2n) is 4.70. The van der Waals surface area contributed by atoms with Crippen molar-refractivity contribution < 1.29 is 19.7 Å². The molecule has 0 bridgehead atoms. The van der Waals surface area contributed by atoms with Gasteiger partial charge in [0.1, 0.15) is 22.9 Å². The van der Waals surface area contributed by atoms with E-state index in [4.69, 9.17) is 21.4 Å². The Morgan fingerprint density at radius 2 is 1.81 bits per heavy atom. The molecule has 2 aromatic rings. The van der Waals surface area contributed by atoms with Gasteiger partial charge < -0.3 is 14.9 Å². The fourth-order valence-corrected chi connectivity index (χ4v) is 2.37. The minimum Gasteiger partial charge on any atom is -0.505 e. The van der Waals surface area contributed by atoms with E-state index in [1.807, 2.05) is 30.3 Å². The van der Waals surface area contributed by atoms with Gasteiger partial charge in [-0.25, -0.2) is 4.79 Å². The fraction of sp³-hybridized carbons (Fsp3) is 0.188. The maximum absolute atomic E-state index is 11.2. The lowest BCUT2D eigenvalue weighted by molar-refractivity contribution is 0.0692. The highest BCUT2D eigenvalue weighted by molar-refractivity contribution is 6.34. The summed E-state index contributed by atoms with van der Waals surface area (Å²) in [7, 11) is 0. The van der Waals surface area contributed by atoms with Gasteiger partial charge in [0, 0.05) is 0 Å². The van der Waals surface area contributed by atoms with Gasteiger partial charge in [-0.3, -0.25) is 0 Å². The molecule has 21 heavy (non-hydrogen) atoms. The third kappa shape index (κ3) is 2.95. The second-order valence-corrected chi connectivity index (χ2v) is 5.07. The first-order chi connectivity index (χ1) is 9.93. The molecule has 2 aromatic carbocycles. The molecule has 0 aliphatic heterocycles. The van der Waals surface area contributed by atoms with Crippen LogP contribution >= 0.6 is 11.6 Å². The molecule has 0 atom stereocenters. The van der Waals surface area contributed by atoms with E-state index < -0.39 is 11.7 Å². The van der Waals surface area contributed by atoms with E-state index in [0.717, 1.165) is 5.56 Å². The number of phenols is 1. The Labute approximate surface area is 127 Å². The van der Waals surface area contributed by atoms with E-state index in [-0.39, 0.29) is 17.2 Å². The number of aromatic carboxylic acids is 1. The van der Waals surface area contributed by atoms with Crippen molar-refractivity contribution in [2.24, 2.45) is 0 Å². The molecule has 2 rings (SSSR count). The molecule has 0 heterocycles. The predicted molar refractivity (Wildman–Crippen MR) is 80.3 cm³/mol. The average Bonchev–Trinajstić information content (AvgIpc) is 2.46. The van der Waals surface area contributed by atoms with Crippen molar-refractivity contribution in [1.29, 1.82) is 0 Å². The summed E-state index contributed by atoms with van der Waals surface area (Å²) in [5.74, 6) is -1.37. The zero-order valence-electron chi connectivity index (χ0n) is 11.7. The van der Waals surface area contributed by atoms with Gasteiger partial charge in [0.15, 0.2) is 5.75 Å². The molecule has 110 valence electrons. The number of carboxylic acid groups (broad SMARTS) is 1. The Morgan fingerprint density at radius 3 is 2.38 bits per heavy atom. The maximum atomic E-state index is 11.2. The Morgan fingerprint density at radius 1 is 1.19 bits per heavy atom. The molecule has 0 radical (unpaired) electrons. The summed E-state index contributed by atoms with van der Waals surface area (Å²) in [5, 5.41) is 19.0. The average molecular weight is 307 g/mol. The fourth-order valence-electron chi connectivity index (χ4n) is 2.08. The summed E-state index contributed by atoms with van der Waals surface area (Å²) >= 11 is 6.05. The van der Waals surface area contributed by atoms with Crippen LogP contribution in [0.25, 0.3) is 0 Å². The molecule has 0 aromatic heterocycles. The topological polar surface area (TPSA) is 66.8 Å². The minimum atomic E-state index is -1.22. The van der Waals surface area contributed by atoms with Crippen LogP contribution in [0.5, 0.6) is 11.5 Å². The molecule has 0 saturated heterocycles. The summed E-state index contributed by atoms with van der Waals surface area (Å²) in [6, 6.07) is 9.50. The van der Waals surface area contributed by atoms with E-state index in [1.54, 1.807) is 13.8 Å². The van der Waals surface area contributed by atoms with Crippen molar-refractivity contribution in [3.63, 3.8) is 0 Å². The van der Waals surface area contributed by atoms with Gasteiger partial charge in [0.05, 0.1) is 0 Å². The number of hydrogen-bond donors (Lipinski definition) is 2. The van der Waals surface area contributed by atoms with Crippen molar-refractivity contribution in [2.45, 2.75) is 20.5 Å². The van der Waals surface area contributed by atoms with Gasteiger partial charge in [-0.15, -0.1) is 0 Å². The van der Waals surface area contributed by atoms with Gasteiger partial charge >= 0.3 is 5.97 Å². The first-order valence-corrected chi connectivity index (χ1v) is 6.73. The highest BCUT2D eigenvalue weighted by Gasteiger charge is 2.23. The summed E-state index contributed by atoms with van der Waals surface area (Å²) in [6.07, 6.45) is 0. The molecular formula is C16H15ClO4. The monoisotopic (exact) mass is 306 g/mol. The zero-order valence-corrected chi connectivity index (χ0v) is 12.4. The molecular weight excluding hydrogens is 292 g/mol. The molecule has 0 amide bonds. The lowest BCUT2D eigenvalue weighted by Crippen LogP contribution is -2.06. The third-order valence-corrected chi connectivity index (χ3v) is 3.71. The quantitative estimate of drug-likeness (QED) is 0.898. The predicted octanol–water partition coefficient (Wildman–Crippen LogP) is 3.94. The molecule has 5 heteroatoms. The van der Waals surface area contributed by atoms with Crippen LogP contribution in [-0.2, 0) is 6.61 Å². The highest BCUT2D eigenvalue weighted by Crippen LogP contribution is 2.42. The number of benzene rings is 2. The van der Waals surface area contributed by atoms with Crippen LogP contribution in [0, 0.1) is 13.8 Å². The molecule has 0 unspecified atom stereocenters. The van der Waals surface area contributed by atoms with Crippen LogP contribution in [-0.4, -0.2) is 16.2 Å². The first-order valence-electron chi connectivity index (χ1n) is 6.35. The van der Waals surface area contributed by atoms with Gasteiger partial charge in [-0.05, 0) is 30.5 Å². The number of aromatic hydroxyl groups is 1. The number of carbonyl (C=O) groups is 1. The van der Waals surface area contributed by atoms with Crippen molar-refractivity contribution >= 4 is 17.6 Å². The van der Waals surface area contributed by atoms with Crippen LogP contribution in [0.1, 0.15) is 27.0 Å². The highest BCUT2D eigenvalue weighted by atomic mass is 35.5. The molecule has 0 aliphatic rings. The van der Waals surface area contributed by atoms with Crippen molar-refractivity contribution in [3.8, 4) is 11.5 Å². The minimum absolute atomic E-state index is 0.0774. The summed E-state index contributed by atoms with van der Waals surface area (Å²) < 4.78 is 5.67. The molecule has 0 spiro atoms. The van der Waals surface area contributed by atoms with Crippen LogP contribution in [0.3, 0.4) is 0 Å². The van der Waals surface area contributed by atoms with Crippen LogP contribution in [0.2, 0.25) is 5.02 Å². The second kappa shape index (κ2) is 6.06. The lowest BCUT2D eigenvalue weighted by Gasteiger charge is -2.16. The maximum Gasteiger partial charge on any atom is 0.339 e.